The molecule has 108 valence electrons. The second-order valence-electron chi connectivity index (χ2n) is 5.29. The lowest BCUT2D eigenvalue weighted by atomic mass is 9.83. The summed E-state index contributed by atoms with van der Waals surface area (Å²) in [6.07, 6.45) is 0. The summed E-state index contributed by atoms with van der Waals surface area (Å²) >= 11 is 0. The van der Waals surface area contributed by atoms with Crippen LogP contribution in [0.2, 0.25) is 0 Å². The average molecular weight is 275 g/mol. The second-order valence-corrected chi connectivity index (χ2v) is 5.29. The van der Waals surface area contributed by atoms with Crippen LogP contribution in [0.5, 0.6) is 0 Å². The highest BCUT2D eigenvalue weighted by Crippen LogP contribution is 2.32. The Morgan fingerprint density at radius 2 is 2.10 bits per heavy atom. The molecule has 4 nitrogen and oxygen atoms in total. The van der Waals surface area contributed by atoms with E-state index in [1.807, 2.05) is 19.1 Å². The van der Waals surface area contributed by atoms with Crippen LogP contribution >= 0.6 is 0 Å². The number of hydrogen-bond donors (Lipinski definition) is 1. The van der Waals surface area contributed by atoms with Crippen molar-refractivity contribution in [3.05, 3.63) is 34.9 Å². The molecule has 1 aromatic carbocycles. The van der Waals surface area contributed by atoms with E-state index < -0.39 is 0 Å². The molecule has 2 atom stereocenters. The Kier molecular flexibility index (Phi) is 4.55. The summed E-state index contributed by atoms with van der Waals surface area (Å²) in [5, 5.41) is 3.25. The minimum Gasteiger partial charge on any atom is -0.462 e. The predicted molar refractivity (Wildman–Crippen MR) is 76.9 cm³/mol. The van der Waals surface area contributed by atoms with Gasteiger partial charge in [0.25, 0.3) is 0 Å². The lowest BCUT2D eigenvalue weighted by molar-refractivity contribution is -0.120. The zero-order valence-corrected chi connectivity index (χ0v) is 12.2. The van der Waals surface area contributed by atoms with Gasteiger partial charge < -0.3 is 10.1 Å². The predicted octanol–water partition coefficient (Wildman–Crippen LogP) is 2.06. The van der Waals surface area contributed by atoms with Crippen LogP contribution < -0.4 is 5.32 Å². The number of aryl methyl sites for hydroxylation is 1. The van der Waals surface area contributed by atoms with Crippen molar-refractivity contribution in [2.45, 2.75) is 26.7 Å². The third-order valence-electron chi connectivity index (χ3n) is 3.84. The summed E-state index contributed by atoms with van der Waals surface area (Å²) in [7, 11) is 0. The van der Waals surface area contributed by atoms with Crippen molar-refractivity contribution < 1.29 is 14.3 Å². The molecule has 0 radical (unpaired) electrons. The van der Waals surface area contributed by atoms with Crippen LogP contribution in [0.15, 0.2) is 18.2 Å². The number of esters is 1. The quantitative estimate of drug-likeness (QED) is 0.855. The highest BCUT2D eigenvalue weighted by atomic mass is 16.5. The first-order valence-corrected chi connectivity index (χ1v) is 7.03. The highest BCUT2D eigenvalue weighted by molar-refractivity contribution is 5.92. The summed E-state index contributed by atoms with van der Waals surface area (Å²) in [6.45, 7) is 7.15. The van der Waals surface area contributed by atoms with Crippen molar-refractivity contribution in [3.63, 3.8) is 0 Å². The van der Waals surface area contributed by atoms with Crippen LogP contribution in [0.4, 0.5) is 0 Å². The first kappa shape index (κ1) is 14.7. The van der Waals surface area contributed by atoms with Gasteiger partial charge >= 0.3 is 5.97 Å². The normalized spacial score (nSPS) is 21.8. The van der Waals surface area contributed by atoms with Crippen LogP contribution in [0, 0.1) is 12.8 Å². The van der Waals surface area contributed by atoms with Gasteiger partial charge in [-0.25, -0.2) is 4.79 Å². The molecule has 1 saturated heterocycles. The molecular formula is C16H21NO3. The first-order valence-electron chi connectivity index (χ1n) is 7.03. The summed E-state index contributed by atoms with van der Waals surface area (Å²) in [6, 6.07) is 5.71. The Morgan fingerprint density at radius 3 is 2.75 bits per heavy atom. The summed E-state index contributed by atoms with van der Waals surface area (Å²) in [5.41, 5.74) is 2.59. The van der Waals surface area contributed by atoms with Crippen molar-refractivity contribution in [1.82, 2.24) is 5.32 Å². The number of Topliss-reactive ketones (excluding diaryl/α,β-unsaturated/α-hetero) is 1. The zero-order chi connectivity index (χ0) is 14.7. The molecule has 0 aromatic heterocycles. The van der Waals surface area contributed by atoms with Gasteiger partial charge in [0, 0.05) is 24.9 Å². The molecule has 1 fully saturated rings. The fourth-order valence-electron chi connectivity index (χ4n) is 2.82. The average Bonchev–Trinajstić information content (AvgIpc) is 2.88. The second kappa shape index (κ2) is 6.18. The first-order chi connectivity index (χ1) is 9.54. The van der Waals surface area contributed by atoms with Gasteiger partial charge in [0.05, 0.1) is 12.2 Å². The van der Waals surface area contributed by atoms with Crippen molar-refractivity contribution in [1.29, 1.82) is 0 Å². The van der Waals surface area contributed by atoms with E-state index in [1.165, 1.54) is 0 Å². The molecule has 1 aliphatic rings. The number of carbonyl (C=O) groups is 2. The van der Waals surface area contributed by atoms with Crippen molar-refractivity contribution >= 4 is 11.8 Å². The van der Waals surface area contributed by atoms with Gasteiger partial charge in [-0.2, -0.15) is 0 Å². The molecule has 20 heavy (non-hydrogen) atoms. The molecule has 0 saturated carbocycles. The maximum Gasteiger partial charge on any atom is 0.338 e. The van der Waals surface area contributed by atoms with E-state index in [-0.39, 0.29) is 23.6 Å². The lowest BCUT2D eigenvalue weighted by Gasteiger charge is -2.19. The SMILES string of the molecule is CCOC(=O)c1ccc(C)cc1[C@@H]1CNC[C@H]1C(C)=O. The summed E-state index contributed by atoms with van der Waals surface area (Å²) in [4.78, 5) is 23.8. The Hall–Kier alpha value is -1.68. The largest absolute Gasteiger partial charge is 0.462 e. The Morgan fingerprint density at radius 1 is 1.35 bits per heavy atom. The maximum absolute atomic E-state index is 12.1. The third kappa shape index (κ3) is 2.90. The lowest BCUT2D eigenvalue weighted by Crippen LogP contribution is -2.21. The number of nitrogens with one attached hydrogen (secondary N) is 1. The molecule has 0 amide bonds. The Bertz CT molecular complexity index is 524. The maximum atomic E-state index is 12.1. The van der Waals surface area contributed by atoms with Crippen LogP contribution in [0.25, 0.3) is 0 Å². The highest BCUT2D eigenvalue weighted by Gasteiger charge is 2.34. The molecule has 2 rings (SSSR count). The molecule has 0 spiro atoms. The minimum atomic E-state index is -0.309. The number of ketones is 1. The van der Waals surface area contributed by atoms with E-state index in [0.717, 1.165) is 17.7 Å². The van der Waals surface area contributed by atoms with Crippen LogP contribution in [-0.2, 0) is 9.53 Å². The molecular weight excluding hydrogens is 254 g/mol. The topological polar surface area (TPSA) is 55.4 Å². The smallest absolute Gasteiger partial charge is 0.338 e. The molecule has 1 aromatic rings. The van der Waals surface area contributed by atoms with E-state index >= 15 is 0 Å². The molecule has 1 heterocycles. The summed E-state index contributed by atoms with van der Waals surface area (Å²) < 4.78 is 5.12. The zero-order valence-electron chi connectivity index (χ0n) is 12.2. The van der Waals surface area contributed by atoms with E-state index in [9.17, 15) is 9.59 Å². The number of rotatable bonds is 4. The number of ether oxygens (including phenoxy) is 1. The van der Waals surface area contributed by atoms with Crippen molar-refractivity contribution in [2.24, 2.45) is 5.92 Å². The number of benzene rings is 1. The van der Waals surface area contributed by atoms with E-state index in [0.29, 0.717) is 18.7 Å². The van der Waals surface area contributed by atoms with Gasteiger partial charge in [-0.05, 0) is 32.4 Å². The molecule has 1 aliphatic heterocycles. The van der Waals surface area contributed by atoms with E-state index in [1.54, 1.807) is 19.9 Å². The van der Waals surface area contributed by atoms with Gasteiger partial charge in [0.2, 0.25) is 0 Å². The fraction of sp³-hybridized carbons (Fsp3) is 0.500. The summed E-state index contributed by atoms with van der Waals surface area (Å²) in [5.74, 6) is -0.162. The molecule has 0 bridgehead atoms. The van der Waals surface area contributed by atoms with Crippen LogP contribution in [0.1, 0.15) is 41.3 Å². The van der Waals surface area contributed by atoms with Gasteiger partial charge in [0.1, 0.15) is 5.78 Å². The Labute approximate surface area is 119 Å². The Balaban J connectivity index is 2.41. The minimum absolute atomic E-state index is 0.0480. The van der Waals surface area contributed by atoms with Crippen molar-refractivity contribution in [2.75, 3.05) is 19.7 Å². The third-order valence-corrected chi connectivity index (χ3v) is 3.84. The van der Waals surface area contributed by atoms with Crippen LogP contribution in [0.3, 0.4) is 0 Å². The fourth-order valence-corrected chi connectivity index (χ4v) is 2.82. The van der Waals surface area contributed by atoms with Crippen molar-refractivity contribution in [3.8, 4) is 0 Å². The molecule has 4 heteroatoms. The monoisotopic (exact) mass is 275 g/mol. The van der Waals surface area contributed by atoms with Crippen LogP contribution in [-0.4, -0.2) is 31.4 Å². The van der Waals surface area contributed by atoms with E-state index in [2.05, 4.69) is 5.32 Å². The van der Waals surface area contributed by atoms with Gasteiger partial charge in [0.15, 0.2) is 0 Å². The van der Waals surface area contributed by atoms with E-state index in [4.69, 9.17) is 4.74 Å². The van der Waals surface area contributed by atoms with Gasteiger partial charge in [-0.3, -0.25) is 4.79 Å². The molecule has 1 N–H and O–H groups in total. The number of carbonyl (C=O) groups excluding carboxylic acids is 2. The van der Waals surface area contributed by atoms with Gasteiger partial charge in [-0.1, -0.05) is 17.7 Å². The van der Waals surface area contributed by atoms with Gasteiger partial charge in [-0.15, -0.1) is 0 Å². The standard InChI is InChI=1S/C16H21NO3/c1-4-20-16(19)12-6-5-10(2)7-13(12)15-9-17-8-14(15)11(3)18/h5-7,14-15,17H,4,8-9H2,1-3H3/t14-,15-/m0/s1. The molecule has 0 unspecified atom stereocenters. The number of hydrogen-bond acceptors (Lipinski definition) is 4. The molecule has 0 aliphatic carbocycles.